The van der Waals surface area contributed by atoms with Crippen molar-refractivity contribution in [1.29, 1.82) is 0 Å². The first-order valence-corrected chi connectivity index (χ1v) is 9.27. The lowest BCUT2D eigenvalue weighted by atomic mass is 10.00. The van der Waals surface area contributed by atoms with Crippen LogP contribution in [-0.2, 0) is 10.8 Å². The van der Waals surface area contributed by atoms with Gasteiger partial charge in [0.2, 0.25) is 0 Å². The van der Waals surface area contributed by atoms with E-state index in [-0.39, 0.29) is 0 Å². The molecule has 0 spiro atoms. The van der Waals surface area contributed by atoms with Crippen LogP contribution in [0.4, 0.5) is 0 Å². The Labute approximate surface area is 129 Å². The van der Waals surface area contributed by atoms with Gasteiger partial charge in [-0.3, -0.25) is 4.21 Å². The van der Waals surface area contributed by atoms with Crippen LogP contribution < -0.4 is 5.32 Å². The van der Waals surface area contributed by atoms with Crippen LogP contribution in [0.25, 0.3) is 0 Å². The molecule has 4 heteroatoms. The number of hydrogen-bond donors (Lipinski definition) is 1. The van der Waals surface area contributed by atoms with E-state index in [2.05, 4.69) is 12.2 Å². The van der Waals surface area contributed by atoms with Gasteiger partial charge in [-0.1, -0.05) is 31.4 Å². The summed E-state index contributed by atoms with van der Waals surface area (Å²) < 4.78 is 12.5. The topological polar surface area (TPSA) is 29.1 Å². The molecule has 0 aliphatic heterocycles. The van der Waals surface area contributed by atoms with Crippen molar-refractivity contribution in [2.24, 2.45) is 5.92 Å². The molecule has 0 bridgehead atoms. The third-order valence-corrected chi connectivity index (χ3v) is 5.74. The summed E-state index contributed by atoms with van der Waals surface area (Å²) in [5.41, 5.74) is 0. The highest BCUT2D eigenvalue weighted by molar-refractivity contribution is 7.85. The van der Waals surface area contributed by atoms with Gasteiger partial charge in [-0.05, 0) is 56.0 Å². The molecule has 1 aliphatic rings. The van der Waals surface area contributed by atoms with Crippen LogP contribution in [0.3, 0.4) is 0 Å². The highest BCUT2D eigenvalue weighted by Gasteiger charge is 2.26. The molecule has 0 amide bonds. The Kier molecular flexibility index (Phi) is 6.53. The van der Waals surface area contributed by atoms with Gasteiger partial charge >= 0.3 is 0 Å². The SMILES string of the molecule is CCCNC(CS(=O)c1ccc(Cl)cc1)C1CCCC1. The van der Waals surface area contributed by atoms with Crippen LogP contribution >= 0.6 is 11.6 Å². The highest BCUT2D eigenvalue weighted by Crippen LogP contribution is 2.28. The standard InChI is InChI=1S/C16H24ClNOS/c1-2-11-18-16(13-5-3-4-6-13)12-20(19)15-9-7-14(17)8-10-15/h7-10,13,16,18H,2-6,11-12H2,1H3. The summed E-state index contributed by atoms with van der Waals surface area (Å²) >= 11 is 5.88. The van der Waals surface area contributed by atoms with Gasteiger partial charge in [0, 0.05) is 21.7 Å². The fraction of sp³-hybridized carbons (Fsp3) is 0.625. The maximum atomic E-state index is 12.5. The van der Waals surface area contributed by atoms with Gasteiger partial charge in [-0.15, -0.1) is 0 Å². The molecule has 20 heavy (non-hydrogen) atoms. The summed E-state index contributed by atoms with van der Waals surface area (Å²) in [5.74, 6) is 1.41. The summed E-state index contributed by atoms with van der Waals surface area (Å²) in [5, 5.41) is 4.30. The van der Waals surface area contributed by atoms with E-state index in [1.54, 1.807) is 0 Å². The first-order chi connectivity index (χ1) is 9.70. The zero-order valence-corrected chi connectivity index (χ0v) is 13.7. The predicted octanol–water partition coefficient (Wildman–Crippen LogP) is 4.01. The van der Waals surface area contributed by atoms with E-state index in [0.29, 0.717) is 22.7 Å². The van der Waals surface area contributed by atoms with E-state index < -0.39 is 10.8 Å². The van der Waals surface area contributed by atoms with Crippen molar-refractivity contribution in [3.8, 4) is 0 Å². The molecule has 0 heterocycles. The first kappa shape index (κ1) is 16.0. The Morgan fingerprint density at radius 2 is 1.95 bits per heavy atom. The summed E-state index contributed by atoms with van der Waals surface area (Å²) in [4.78, 5) is 0.885. The lowest BCUT2D eigenvalue weighted by molar-refractivity contribution is 0.385. The van der Waals surface area contributed by atoms with Gasteiger partial charge in [-0.2, -0.15) is 0 Å². The molecule has 2 nitrogen and oxygen atoms in total. The van der Waals surface area contributed by atoms with E-state index in [1.807, 2.05) is 24.3 Å². The Balaban J connectivity index is 1.98. The molecule has 2 unspecified atom stereocenters. The zero-order chi connectivity index (χ0) is 14.4. The van der Waals surface area contributed by atoms with Crippen molar-refractivity contribution in [1.82, 2.24) is 5.32 Å². The third-order valence-electron chi connectivity index (χ3n) is 4.03. The molecule has 0 saturated heterocycles. The Morgan fingerprint density at radius 1 is 1.30 bits per heavy atom. The molecule has 1 aromatic carbocycles. The highest BCUT2D eigenvalue weighted by atomic mass is 35.5. The van der Waals surface area contributed by atoms with Gasteiger partial charge in [0.05, 0.1) is 10.8 Å². The Bertz CT molecular complexity index is 429. The Hall–Kier alpha value is -0.380. The van der Waals surface area contributed by atoms with Crippen LogP contribution in [0.5, 0.6) is 0 Å². The number of rotatable bonds is 7. The normalized spacial score (nSPS) is 19.1. The molecule has 0 radical (unpaired) electrons. The van der Waals surface area contributed by atoms with Crippen LogP contribution in [0, 0.1) is 5.92 Å². The third kappa shape index (κ3) is 4.57. The molecule has 2 rings (SSSR count). The fourth-order valence-corrected chi connectivity index (χ4v) is 4.37. The molecular formula is C16H24ClNOS. The van der Waals surface area contributed by atoms with Gasteiger partial charge in [0.25, 0.3) is 0 Å². The summed E-state index contributed by atoms with van der Waals surface area (Å²) in [6, 6.07) is 7.78. The minimum Gasteiger partial charge on any atom is -0.313 e. The van der Waals surface area contributed by atoms with E-state index in [1.165, 1.54) is 25.7 Å². The second-order valence-corrected chi connectivity index (χ2v) is 7.50. The van der Waals surface area contributed by atoms with Crippen molar-refractivity contribution in [2.75, 3.05) is 12.3 Å². The molecule has 2 atom stereocenters. The van der Waals surface area contributed by atoms with Crippen molar-refractivity contribution in [3.05, 3.63) is 29.3 Å². The van der Waals surface area contributed by atoms with Gasteiger partial charge < -0.3 is 5.32 Å². The zero-order valence-electron chi connectivity index (χ0n) is 12.1. The molecule has 1 fully saturated rings. The maximum absolute atomic E-state index is 12.5. The number of halogens is 1. The second kappa shape index (κ2) is 8.16. The van der Waals surface area contributed by atoms with Crippen LogP contribution in [-0.4, -0.2) is 22.5 Å². The van der Waals surface area contributed by atoms with Crippen LogP contribution in [0.2, 0.25) is 5.02 Å². The number of hydrogen-bond acceptors (Lipinski definition) is 2. The van der Waals surface area contributed by atoms with Crippen LogP contribution in [0.15, 0.2) is 29.2 Å². The van der Waals surface area contributed by atoms with Crippen LogP contribution in [0.1, 0.15) is 39.0 Å². The monoisotopic (exact) mass is 313 g/mol. The average molecular weight is 314 g/mol. The maximum Gasteiger partial charge on any atom is 0.0545 e. The molecule has 1 saturated carbocycles. The van der Waals surface area contributed by atoms with Gasteiger partial charge in [0.15, 0.2) is 0 Å². The second-order valence-electron chi connectivity index (χ2n) is 5.57. The lowest BCUT2D eigenvalue weighted by Crippen LogP contribution is -2.40. The smallest absolute Gasteiger partial charge is 0.0545 e. The lowest BCUT2D eigenvalue weighted by Gasteiger charge is -2.24. The van der Waals surface area contributed by atoms with Crippen molar-refractivity contribution < 1.29 is 4.21 Å². The van der Waals surface area contributed by atoms with E-state index in [0.717, 1.165) is 17.9 Å². The fourth-order valence-electron chi connectivity index (χ4n) is 2.90. The van der Waals surface area contributed by atoms with E-state index >= 15 is 0 Å². The van der Waals surface area contributed by atoms with E-state index in [9.17, 15) is 4.21 Å². The first-order valence-electron chi connectivity index (χ1n) is 7.58. The minimum absolute atomic E-state index is 0.383. The Morgan fingerprint density at radius 3 is 2.55 bits per heavy atom. The van der Waals surface area contributed by atoms with Crippen molar-refractivity contribution in [3.63, 3.8) is 0 Å². The number of benzene rings is 1. The quantitative estimate of drug-likeness (QED) is 0.824. The number of nitrogens with one attached hydrogen (secondary N) is 1. The van der Waals surface area contributed by atoms with Gasteiger partial charge in [-0.25, -0.2) is 0 Å². The predicted molar refractivity (Wildman–Crippen MR) is 86.8 cm³/mol. The molecular weight excluding hydrogens is 290 g/mol. The molecule has 1 N–H and O–H groups in total. The van der Waals surface area contributed by atoms with Crippen molar-refractivity contribution >= 4 is 22.4 Å². The molecule has 0 aromatic heterocycles. The largest absolute Gasteiger partial charge is 0.313 e. The van der Waals surface area contributed by atoms with Gasteiger partial charge in [0.1, 0.15) is 0 Å². The molecule has 1 aliphatic carbocycles. The minimum atomic E-state index is -0.942. The van der Waals surface area contributed by atoms with Crippen molar-refractivity contribution in [2.45, 2.75) is 50.0 Å². The average Bonchev–Trinajstić information content (AvgIpc) is 2.98. The van der Waals surface area contributed by atoms with E-state index in [4.69, 9.17) is 11.6 Å². The molecule has 1 aromatic rings. The summed E-state index contributed by atoms with van der Waals surface area (Å²) in [6.45, 7) is 3.19. The summed E-state index contributed by atoms with van der Waals surface area (Å²) in [7, 11) is -0.942. The molecule has 112 valence electrons. The summed E-state index contributed by atoms with van der Waals surface area (Å²) in [6.07, 6.45) is 6.32.